The van der Waals surface area contributed by atoms with Gasteiger partial charge < -0.3 is 21.5 Å². The second-order valence-electron chi connectivity index (χ2n) is 5.38. The molecule has 118 valence electrons. The van der Waals surface area contributed by atoms with Crippen molar-refractivity contribution in [3.8, 4) is 0 Å². The molecular weight excluding hydrogens is 294 g/mol. The van der Waals surface area contributed by atoms with Gasteiger partial charge in [0, 0.05) is 4.75 Å². The molecule has 5 N–H and O–H groups in total. The summed E-state index contributed by atoms with van der Waals surface area (Å²) >= 11 is 1.58. The summed E-state index contributed by atoms with van der Waals surface area (Å²) < 4.78 is -0.358. The fourth-order valence-electron chi connectivity index (χ4n) is 2.28. The van der Waals surface area contributed by atoms with Crippen molar-refractivity contribution in [2.75, 3.05) is 0 Å². The highest BCUT2D eigenvalue weighted by Gasteiger charge is 2.58. The van der Waals surface area contributed by atoms with Crippen LogP contribution >= 0.6 is 11.8 Å². The first-order valence-corrected chi connectivity index (χ1v) is 7.39. The number of hydrogen-bond acceptors (Lipinski definition) is 5. The summed E-state index contributed by atoms with van der Waals surface area (Å²) in [6.07, 6.45) is 3.73. The van der Waals surface area contributed by atoms with E-state index >= 15 is 0 Å². The third kappa shape index (κ3) is 3.76. The lowest BCUT2D eigenvalue weighted by Crippen LogP contribution is -2.56. The maximum Gasteiger partial charge on any atom is 0.327 e. The Labute approximate surface area is 127 Å². The number of carboxylic acids is 1. The smallest absolute Gasteiger partial charge is 0.327 e. The predicted molar refractivity (Wildman–Crippen MR) is 80.3 cm³/mol. The maximum atomic E-state index is 11.2. The van der Waals surface area contributed by atoms with Crippen LogP contribution in [0.15, 0.2) is 12.2 Å². The zero-order chi connectivity index (χ0) is 16.4. The highest BCUT2D eigenvalue weighted by molar-refractivity contribution is 8.01. The number of nitrogens with two attached hydrogens (primary N) is 2. The number of β-lactam (4-membered cyclic amide) rings is 1. The number of allylic oxidation sites excluding steroid dienone is 1. The van der Waals surface area contributed by atoms with Gasteiger partial charge in [-0.1, -0.05) is 12.2 Å². The molecule has 0 aliphatic carbocycles. The first-order chi connectivity index (χ1) is 9.61. The summed E-state index contributed by atoms with van der Waals surface area (Å²) in [5, 5.41) is 9.08. The van der Waals surface area contributed by atoms with Crippen molar-refractivity contribution in [3.05, 3.63) is 12.2 Å². The van der Waals surface area contributed by atoms with Gasteiger partial charge in [0.15, 0.2) is 0 Å². The van der Waals surface area contributed by atoms with E-state index in [2.05, 4.69) is 0 Å². The summed E-state index contributed by atoms with van der Waals surface area (Å²) in [6, 6.07) is -1.27. The Hall–Kier alpha value is -1.54. The number of hydrogen-bond donors (Lipinski definition) is 3. The Kier molecular flexibility index (Phi) is 5.41. The standard InChI is InChI=1S/C8H11NO3S.C5H10N2O/c1-8(2)6(7(11)12)9-4(10)3-5(9)13-8;1-2-3-4(6)5(7)8/h5-6H,3H2,1-2H3,(H,11,12);2-4H,6H2,1H3,(H2,7,8)/b;3-2+/t5-,6+;/m1./s1. The van der Waals surface area contributed by atoms with Gasteiger partial charge in [-0.15, -0.1) is 11.8 Å². The number of rotatable bonds is 3. The van der Waals surface area contributed by atoms with Crippen LogP contribution in [0, 0.1) is 0 Å². The van der Waals surface area contributed by atoms with E-state index in [9.17, 15) is 14.4 Å². The average Bonchev–Trinajstić information content (AvgIpc) is 2.57. The quantitative estimate of drug-likeness (QED) is 0.493. The highest BCUT2D eigenvalue weighted by Crippen LogP contribution is 2.50. The van der Waals surface area contributed by atoms with Crippen molar-refractivity contribution in [2.24, 2.45) is 11.5 Å². The minimum absolute atomic E-state index is 0.0320. The normalized spacial score (nSPS) is 27.4. The van der Waals surface area contributed by atoms with Crippen molar-refractivity contribution in [1.29, 1.82) is 0 Å². The lowest BCUT2D eigenvalue weighted by molar-refractivity contribution is -0.157. The second kappa shape index (κ2) is 6.48. The predicted octanol–water partition coefficient (Wildman–Crippen LogP) is -0.101. The van der Waals surface area contributed by atoms with E-state index in [1.165, 1.54) is 4.90 Å². The molecule has 2 saturated heterocycles. The fraction of sp³-hybridized carbons (Fsp3) is 0.615. The lowest BCUT2D eigenvalue weighted by Gasteiger charge is -2.36. The van der Waals surface area contributed by atoms with Gasteiger partial charge in [-0.3, -0.25) is 9.59 Å². The number of carbonyl (C=O) groups is 3. The van der Waals surface area contributed by atoms with E-state index in [4.69, 9.17) is 16.6 Å². The van der Waals surface area contributed by atoms with Crippen molar-refractivity contribution in [1.82, 2.24) is 4.90 Å². The molecule has 7 nitrogen and oxygen atoms in total. The minimum Gasteiger partial charge on any atom is -0.480 e. The summed E-state index contributed by atoms with van der Waals surface area (Å²) in [5.74, 6) is -1.42. The zero-order valence-corrected chi connectivity index (χ0v) is 13.1. The van der Waals surface area contributed by atoms with E-state index in [1.807, 2.05) is 13.8 Å². The van der Waals surface area contributed by atoms with Crippen molar-refractivity contribution in [2.45, 2.75) is 49.4 Å². The Morgan fingerprint density at radius 2 is 2.10 bits per heavy atom. The molecule has 2 aliphatic heterocycles. The third-order valence-electron chi connectivity index (χ3n) is 3.29. The minimum atomic E-state index is -0.895. The van der Waals surface area contributed by atoms with Gasteiger partial charge in [0.05, 0.1) is 11.8 Å². The first kappa shape index (κ1) is 17.5. The van der Waals surface area contributed by atoms with E-state index in [0.717, 1.165) is 0 Å². The molecule has 21 heavy (non-hydrogen) atoms. The van der Waals surface area contributed by atoms with Crippen molar-refractivity contribution < 1.29 is 19.5 Å². The number of carboxylic acid groups (broad SMARTS) is 1. The topological polar surface area (TPSA) is 127 Å². The van der Waals surface area contributed by atoms with Gasteiger partial charge in [0.1, 0.15) is 12.1 Å². The monoisotopic (exact) mass is 315 g/mol. The van der Waals surface area contributed by atoms with Crippen LogP contribution in [0.5, 0.6) is 0 Å². The summed E-state index contributed by atoms with van der Waals surface area (Å²) in [4.78, 5) is 33.7. The molecule has 2 fully saturated rings. The average molecular weight is 315 g/mol. The summed E-state index contributed by atoms with van der Waals surface area (Å²) in [7, 11) is 0. The van der Waals surface area contributed by atoms with Gasteiger partial charge in [0.2, 0.25) is 11.8 Å². The van der Waals surface area contributed by atoms with Crippen LogP contribution in [-0.4, -0.2) is 50.0 Å². The van der Waals surface area contributed by atoms with E-state index in [0.29, 0.717) is 6.42 Å². The van der Waals surface area contributed by atoms with Crippen LogP contribution < -0.4 is 11.5 Å². The fourth-order valence-corrected chi connectivity index (χ4v) is 3.90. The van der Waals surface area contributed by atoms with Crippen LogP contribution in [0.25, 0.3) is 0 Å². The Balaban J connectivity index is 0.000000240. The number of carbonyl (C=O) groups excluding carboxylic acids is 2. The first-order valence-electron chi connectivity index (χ1n) is 6.51. The largest absolute Gasteiger partial charge is 0.480 e. The SMILES string of the molecule is C/C=C/C(N)C(N)=O.CC1(C)S[C@@H]2CC(=O)N2[C@H]1C(=O)O. The second-order valence-corrected chi connectivity index (χ2v) is 7.21. The number of nitrogens with zero attached hydrogens (tertiary/aromatic N) is 1. The molecule has 0 radical (unpaired) electrons. The van der Waals surface area contributed by atoms with Gasteiger partial charge >= 0.3 is 5.97 Å². The van der Waals surface area contributed by atoms with Crippen molar-refractivity contribution in [3.63, 3.8) is 0 Å². The van der Waals surface area contributed by atoms with Crippen LogP contribution in [0.4, 0.5) is 0 Å². The van der Waals surface area contributed by atoms with Crippen LogP contribution in [0.3, 0.4) is 0 Å². The zero-order valence-electron chi connectivity index (χ0n) is 12.3. The Morgan fingerprint density at radius 3 is 2.38 bits per heavy atom. The van der Waals surface area contributed by atoms with Crippen LogP contribution in [0.1, 0.15) is 27.2 Å². The molecular formula is C13H21N3O4S. The Bertz CT molecular complexity index is 478. The summed E-state index contributed by atoms with van der Waals surface area (Å²) in [5.41, 5.74) is 9.97. The molecule has 2 heterocycles. The lowest BCUT2D eigenvalue weighted by atomic mass is 9.98. The summed E-state index contributed by atoms with van der Waals surface area (Å²) in [6.45, 7) is 5.53. The third-order valence-corrected chi connectivity index (χ3v) is 4.78. The molecule has 0 bridgehead atoms. The van der Waals surface area contributed by atoms with Crippen LogP contribution in [-0.2, 0) is 14.4 Å². The van der Waals surface area contributed by atoms with E-state index < -0.39 is 24.0 Å². The molecule has 8 heteroatoms. The Morgan fingerprint density at radius 1 is 1.52 bits per heavy atom. The van der Waals surface area contributed by atoms with Gasteiger partial charge in [0.25, 0.3) is 0 Å². The molecule has 1 unspecified atom stereocenters. The van der Waals surface area contributed by atoms with E-state index in [-0.39, 0.29) is 16.0 Å². The van der Waals surface area contributed by atoms with Crippen molar-refractivity contribution >= 4 is 29.5 Å². The van der Waals surface area contributed by atoms with Gasteiger partial charge in [-0.2, -0.15) is 0 Å². The molecule has 2 aliphatic rings. The van der Waals surface area contributed by atoms with Crippen LogP contribution in [0.2, 0.25) is 0 Å². The molecule has 2 amide bonds. The number of primary amides is 1. The molecule has 0 saturated carbocycles. The molecule has 0 spiro atoms. The number of amides is 2. The molecule has 0 aromatic heterocycles. The number of fused-ring (bicyclic) bond motifs is 1. The molecule has 0 aromatic carbocycles. The molecule has 0 aromatic rings. The molecule has 2 rings (SSSR count). The number of thioether (sulfide) groups is 1. The van der Waals surface area contributed by atoms with E-state index in [1.54, 1.807) is 30.8 Å². The highest BCUT2D eigenvalue weighted by atomic mass is 32.2. The van der Waals surface area contributed by atoms with Gasteiger partial charge in [-0.05, 0) is 20.8 Å². The van der Waals surface area contributed by atoms with Gasteiger partial charge in [-0.25, -0.2) is 4.79 Å². The maximum absolute atomic E-state index is 11.2. The molecule has 3 atom stereocenters. The number of aliphatic carboxylic acids is 1.